The van der Waals surface area contributed by atoms with Crippen molar-refractivity contribution in [2.24, 2.45) is 5.92 Å². The number of rotatable bonds is 6. The summed E-state index contributed by atoms with van der Waals surface area (Å²) in [4.78, 5) is 76.8. The highest BCUT2D eigenvalue weighted by atomic mass is 16.5. The van der Waals surface area contributed by atoms with Gasteiger partial charge in [0.15, 0.2) is 23.0 Å². The predicted octanol–water partition coefficient (Wildman–Crippen LogP) is 2.80. The molecule has 0 saturated heterocycles. The van der Waals surface area contributed by atoms with E-state index in [0.29, 0.717) is 47.2 Å². The first kappa shape index (κ1) is 41.9. The summed E-state index contributed by atoms with van der Waals surface area (Å²) in [6.07, 6.45) is 2.31. The lowest BCUT2D eigenvalue weighted by atomic mass is 10.0. The molecule has 304 valence electrons. The van der Waals surface area contributed by atoms with Crippen LogP contribution in [-0.2, 0) is 32.1 Å². The van der Waals surface area contributed by atoms with Crippen LogP contribution in [0.3, 0.4) is 0 Å². The third-order valence-corrected chi connectivity index (χ3v) is 9.79. The lowest BCUT2D eigenvalue weighted by Crippen LogP contribution is -2.54. The van der Waals surface area contributed by atoms with Crippen molar-refractivity contribution >= 4 is 35.3 Å². The average Bonchev–Trinajstić information content (AvgIpc) is 3.66. The van der Waals surface area contributed by atoms with Crippen molar-refractivity contribution in [3.8, 4) is 23.0 Å². The quantitative estimate of drug-likeness (QED) is 0.224. The molecule has 0 aliphatic carbocycles. The highest BCUT2D eigenvalue weighted by molar-refractivity contribution is 5.95. The molecule has 4 bridgehead atoms. The minimum atomic E-state index is -0.926. The lowest BCUT2D eigenvalue weighted by Gasteiger charge is -2.25. The first-order valence-corrected chi connectivity index (χ1v) is 18.9. The summed E-state index contributed by atoms with van der Waals surface area (Å²) in [6, 6.07) is 8.16. The molecule has 17 nitrogen and oxygen atoms in total. The maximum Gasteiger partial charge on any atom is 0.252 e. The maximum absolute atomic E-state index is 13.7. The SMILES string of the molecule is COc1cc2ccc1Oc1ccc(cc1OC)C(=O)NCCN(C(=O)CCc1c(C)nc3ncnn3c1C)CCCC(=O)N[C@H](C)C(=O)N[C@@H](C(C)C)C(=O)NC2. The monoisotopic (exact) mass is 785 g/mol. The van der Waals surface area contributed by atoms with Gasteiger partial charge in [0.05, 0.1) is 14.2 Å². The van der Waals surface area contributed by atoms with Gasteiger partial charge in [-0.2, -0.15) is 10.1 Å². The molecule has 2 aromatic heterocycles. The second kappa shape index (κ2) is 19.1. The van der Waals surface area contributed by atoms with Gasteiger partial charge in [0.1, 0.15) is 18.4 Å². The minimum absolute atomic E-state index is 0.0312. The number of carbonyl (C=O) groups is 5. The average molecular weight is 786 g/mol. The Balaban J connectivity index is 1.37. The van der Waals surface area contributed by atoms with Gasteiger partial charge in [-0.15, -0.1) is 0 Å². The van der Waals surface area contributed by atoms with E-state index in [4.69, 9.17) is 14.2 Å². The number of ether oxygens (including phenoxy) is 3. The first-order chi connectivity index (χ1) is 27.3. The van der Waals surface area contributed by atoms with Crippen LogP contribution in [0.1, 0.15) is 72.9 Å². The molecule has 5 heterocycles. The topological polar surface area (TPSA) is 207 Å². The molecule has 57 heavy (non-hydrogen) atoms. The van der Waals surface area contributed by atoms with Crippen LogP contribution >= 0.6 is 0 Å². The van der Waals surface area contributed by atoms with Gasteiger partial charge < -0.3 is 40.4 Å². The molecule has 7 rings (SSSR count). The molecule has 17 heteroatoms. The molecule has 4 N–H and O–H groups in total. The van der Waals surface area contributed by atoms with Crippen molar-refractivity contribution in [1.82, 2.24) is 45.7 Å². The second-order valence-electron chi connectivity index (χ2n) is 14.2. The highest BCUT2D eigenvalue weighted by Crippen LogP contribution is 2.37. The molecule has 3 aliphatic rings. The van der Waals surface area contributed by atoms with E-state index in [1.165, 1.54) is 20.5 Å². The molecular weight excluding hydrogens is 734 g/mol. The van der Waals surface area contributed by atoms with Gasteiger partial charge in [-0.1, -0.05) is 19.9 Å². The molecule has 4 aromatic rings. The number of aromatic nitrogens is 4. The van der Waals surface area contributed by atoms with Crippen molar-refractivity contribution in [3.05, 3.63) is 70.8 Å². The fourth-order valence-corrected chi connectivity index (χ4v) is 6.51. The number of fused-ring (bicyclic) bond motifs is 3. The summed E-state index contributed by atoms with van der Waals surface area (Å²) in [7, 11) is 2.96. The summed E-state index contributed by atoms with van der Waals surface area (Å²) in [5, 5.41) is 15.5. The van der Waals surface area contributed by atoms with E-state index in [0.717, 1.165) is 22.5 Å². The Bertz CT molecular complexity index is 2120. The largest absolute Gasteiger partial charge is 0.493 e. The predicted molar refractivity (Wildman–Crippen MR) is 209 cm³/mol. The van der Waals surface area contributed by atoms with Crippen LogP contribution in [0.4, 0.5) is 0 Å². The van der Waals surface area contributed by atoms with Gasteiger partial charge in [-0.05, 0) is 81.0 Å². The molecule has 2 atom stereocenters. The van der Waals surface area contributed by atoms with E-state index in [1.807, 2.05) is 27.7 Å². The summed E-state index contributed by atoms with van der Waals surface area (Å²) < 4.78 is 18.9. The first-order valence-electron chi connectivity index (χ1n) is 18.9. The molecular formula is C40H51N9O8. The van der Waals surface area contributed by atoms with Crippen molar-refractivity contribution in [1.29, 1.82) is 0 Å². The number of aryl methyl sites for hydroxylation is 2. The molecule has 2 aromatic carbocycles. The van der Waals surface area contributed by atoms with Crippen LogP contribution in [0.25, 0.3) is 5.78 Å². The lowest BCUT2D eigenvalue weighted by molar-refractivity contribution is -0.133. The van der Waals surface area contributed by atoms with E-state index in [1.54, 1.807) is 52.7 Å². The van der Waals surface area contributed by atoms with E-state index in [-0.39, 0.29) is 62.7 Å². The van der Waals surface area contributed by atoms with Gasteiger partial charge >= 0.3 is 0 Å². The Kier molecular flexibility index (Phi) is 14.0. The van der Waals surface area contributed by atoms with Crippen LogP contribution in [0.15, 0.2) is 42.7 Å². The van der Waals surface area contributed by atoms with E-state index in [2.05, 4.69) is 36.3 Å². The van der Waals surface area contributed by atoms with Crippen molar-refractivity contribution in [2.45, 2.75) is 78.9 Å². The number of nitrogens with one attached hydrogen (secondary N) is 4. The normalized spacial score (nSPS) is 17.8. The summed E-state index contributed by atoms with van der Waals surface area (Å²) in [6.45, 7) is 9.62. The van der Waals surface area contributed by atoms with Crippen molar-refractivity contribution < 1.29 is 38.2 Å². The Morgan fingerprint density at radius 2 is 1.67 bits per heavy atom. The number of hydrogen-bond acceptors (Lipinski definition) is 11. The van der Waals surface area contributed by atoms with E-state index < -0.39 is 23.9 Å². The number of nitrogens with zero attached hydrogens (tertiary/aromatic N) is 5. The van der Waals surface area contributed by atoms with Crippen molar-refractivity contribution in [2.75, 3.05) is 33.9 Å². The molecule has 0 saturated carbocycles. The summed E-state index contributed by atoms with van der Waals surface area (Å²) in [5.74, 6) is -0.218. The summed E-state index contributed by atoms with van der Waals surface area (Å²) >= 11 is 0. The molecule has 3 aliphatic heterocycles. The van der Waals surface area contributed by atoms with Crippen LogP contribution in [0.5, 0.6) is 23.0 Å². The van der Waals surface area contributed by atoms with Crippen LogP contribution in [-0.4, -0.2) is 100.0 Å². The molecule has 5 amide bonds. The molecule has 0 spiro atoms. The Morgan fingerprint density at radius 1 is 0.947 bits per heavy atom. The molecule has 0 fully saturated rings. The third-order valence-electron chi connectivity index (χ3n) is 9.79. The van der Waals surface area contributed by atoms with Crippen LogP contribution in [0.2, 0.25) is 0 Å². The third kappa shape index (κ3) is 10.5. The van der Waals surface area contributed by atoms with Gasteiger partial charge in [0.25, 0.3) is 11.7 Å². The Labute approximate surface area is 331 Å². The summed E-state index contributed by atoms with van der Waals surface area (Å²) in [5.41, 5.74) is 3.50. The number of hydrogen-bond donors (Lipinski definition) is 4. The second-order valence-corrected chi connectivity index (χ2v) is 14.2. The fraction of sp³-hybridized carbons (Fsp3) is 0.450. The zero-order valence-corrected chi connectivity index (χ0v) is 33.4. The minimum Gasteiger partial charge on any atom is -0.493 e. The number of methoxy groups -OCH3 is 2. The number of amides is 5. The fourth-order valence-electron chi connectivity index (χ4n) is 6.51. The zero-order chi connectivity index (χ0) is 41.2. The highest BCUT2D eigenvalue weighted by Gasteiger charge is 2.27. The molecule has 0 unspecified atom stereocenters. The Hall–Kier alpha value is -6.26. The van der Waals surface area contributed by atoms with Gasteiger partial charge in [-0.25, -0.2) is 9.50 Å². The number of carbonyl (C=O) groups excluding carboxylic acids is 5. The van der Waals surface area contributed by atoms with Crippen LogP contribution < -0.4 is 35.5 Å². The number of benzene rings is 2. The maximum atomic E-state index is 13.7. The van der Waals surface area contributed by atoms with Crippen LogP contribution in [0, 0.1) is 19.8 Å². The van der Waals surface area contributed by atoms with E-state index in [9.17, 15) is 24.0 Å². The van der Waals surface area contributed by atoms with E-state index >= 15 is 0 Å². The Morgan fingerprint density at radius 3 is 2.39 bits per heavy atom. The zero-order valence-electron chi connectivity index (χ0n) is 33.4. The smallest absolute Gasteiger partial charge is 0.252 e. The van der Waals surface area contributed by atoms with Gasteiger partial charge in [0, 0.05) is 56.0 Å². The standard InChI is InChI=1S/C40H51N9O8/c1-23(2)36-39(54)42-21-27-10-13-30(32(19-27)55-6)57-31-14-11-28(20-33(31)56-7)38(53)41-16-18-48(17-8-9-34(50)45-25(4)37(52)47-36)35(51)15-12-29-24(3)46-40-43-22-44-49(40)26(29)5/h10-11,13-14,19-20,22-23,25,36H,8-9,12,15-18,21H2,1-7H3,(H,41,53)(H,42,54)(H,45,50)(H,47,52)/t25-,36+/m1/s1. The van der Waals surface area contributed by atoms with Gasteiger partial charge in [-0.3, -0.25) is 24.0 Å². The van der Waals surface area contributed by atoms with Gasteiger partial charge in [0.2, 0.25) is 23.6 Å². The van der Waals surface area contributed by atoms with Crippen molar-refractivity contribution in [3.63, 3.8) is 0 Å². The molecule has 0 radical (unpaired) electrons.